The van der Waals surface area contributed by atoms with Gasteiger partial charge in [-0.1, -0.05) is 12.1 Å². The number of phenols is 1. The first-order chi connectivity index (χ1) is 18.0. The highest BCUT2D eigenvalue weighted by molar-refractivity contribution is 5.92. The Labute approximate surface area is 217 Å². The molecule has 0 radical (unpaired) electrons. The molecular weight excluding hydrogens is 508 g/mol. The Bertz CT molecular complexity index is 1060. The molecular formula is C25H30O13. The summed E-state index contributed by atoms with van der Waals surface area (Å²) >= 11 is 0. The number of carbonyl (C=O) groups is 2. The Morgan fingerprint density at radius 2 is 1.79 bits per heavy atom. The van der Waals surface area contributed by atoms with E-state index in [0.29, 0.717) is 5.56 Å². The molecule has 1 aromatic rings. The van der Waals surface area contributed by atoms with Crippen molar-refractivity contribution in [2.45, 2.75) is 55.9 Å². The van der Waals surface area contributed by atoms with Gasteiger partial charge in [0.1, 0.15) is 42.4 Å². The molecule has 0 saturated carbocycles. The van der Waals surface area contributed by atoms with Gasteiger partial charge in [-0.25, -0.2) is 9.59 Å². The summed E-state index contributed by atoms with van der Waals surface area (Å²) in [6.45, 7) is 0.353. The number of aromatic hydroxyl groups is 1. The highest BCUT2D eigenvalue weighted by Crippen LogP contribution is 2.27. The lowest BCUT2D eigenvalue weighted by Crippen LogP contribution is -2.59. The van der Waals surface area contributed by atoms with E-state index in [1.807, 2.05) is 0 Å². The van der Waals surface area contributed by atoms with Gasteiger partial charge in [0.05, 0.1) is 25.0 Å². The highest BCUT2D eigenvalue weighted by atomic mass is 16.7. The van der Waals surface area contributed by atoms with E-state index in [1.165, 1.54) is 25.1 Å². The summed E-state index contributed by atoms with van der Waals surface area (Å²) in [6, 6.07) is 6.06. The van der Waals surface area contributed by atoms with Crippen molar-refractivity contribution in [2.75, 3.05) is 13.2 Å². The lowest BCUT2D eigenvalue weighted by molar-refractivity contribution is -0.298. The van der Waals surface area contributed by atoms with Crippen LogP contribution in [0, 0.1) is 0 Å². The molecule has 208 valence electrons. The van der Waals surface area contributed by atoms with Gasteiger partial charge in [-0.2, -0.15) is 0 Å². The molecule has 0 aliphatic carbocycles. The van der Waals surface area contributed by atoms with Crippen LogP contribution in [-0.2, 0) is 28.5 Å². The Morgan fingerprint density at radius 1 is 1.11 bits per heavy atom. The van der Waals surface area contributed by atoms with Gasteiger partial charge < -0.3 is 54.7 Å². The number of phenolic OH excluding ortho intramolecular Hbond substituents is 1. The number of hydrogen-bond acceptors (Lipinski definition) is 13. The topological polar surface area (TPSA) is 213 Å². The molecule has 0 aromatic heterocycles. The van der Waals surface area contributed by atoms with Crippen LogP contribution < -0.4 is 0 Å². The molecule has 38 heavy (non-hydrogen) atoms. The summed E-state index contributed by atoms with van der Waals surface area (Å²) < 4.78 is 20.5. The van der Waals surface area contributed by atoms with Crippen molar-refractivity contribution >= 4 is 18.0 Å². The van der Waals surface area contributed by atoms with E-state index < -0.39 is 74.2 Å². The van der Waals surface area contributed by atoms with Gasteiger partial charge in [0.25, 0.3) is 0 Å². The molecule has 7 N–H and O–H groups in total. The number of benzene rings is 1. The maximum atomic E-state index is 12.2. The lowest BCUT2D eigenvalue weighted by Gasteiger charge is -2.39. The zero-order valence-corrected chi connectivity index (χ0v) is 20.2. The number of ether oxygens (including phenoxy) is 4. The molecule has 0 amide bonds. The van der Waals surface area contributed by atoms with Crippen LogP contribution >= 0.6 is 0 Å². The number of aliphatic hydroxyl groups is 6. The van der Waals surface area contributed by atoms with Crippen molar-refractivity contribution < 1.29 is 64.3 Å². The zero-order chi connectivity index (χ0) is 28.0. The minimum Gasteiger partial charge on any atom is -0.508 e. The first kappa shape index (κ1) is 29.4. The van der Waals surface area contributed by atoms with Crippen molar-refractivity contribution in [1.29, 1.82) is 0 Å². The predicted molar refractivity (Wildman–Crippen MR) is 127 cm³/mol. The number of aliphatic hydroxyl groups excluding tert-OH is 6. The van der Waals surface area contributed by atoms with Gasteiger partial charge in [-0.15, -0.1) is 0 Å². The minimum absolute atomic E-state index is 0.0754. The molecule has 2 heterocycles. The van der Waals surface area contributed by atoms with E-state index in [0.717, 1.165) is 18.4 Å². The van der Waals surface area contributed by atoms with Crippen LogP contribution in [0.15, 0.2) is 53.8 Å². The Morgan fingerprint density at radius 3 is 2.45 bits per heavy atom. The van der Waals surface area contributed by atoms with Crippen LogP contribution in [-0.4, -0.2) is 110 Å². The lowest BCUT2D eigenvalue weighted by atomic mass is 9.99. The third kappa shape index (κ3) is 7.03. The number of esters is 2. The van der Waals surface area contributed by atoms with Gasteiger partial charge in [0.2, 0.25) is 0 Å². The Hall–Kier alpha value is -3.14. The Kier molecular flexibility index (Phi) is 10.1. The molecule has 8 atom stereocenters. The van der Waals surface area contributed by atoms with Crippen LogP contribution in [0.2, 0.25) is 0 Å². The van der Waals surface area contributed by atoms with E-state index in [9.17, 15) is 45.3 Å². The molecule has 2 saturated heterocycles. The second-order valence-corrected chi connectivity index (χ2v) is 8.67. The van der Waals surface area contributed by atoms with Crippen molar-refractivity contribution in [3.8, 4) is 5.75 Å². The maximum absolute atomic E-state index is 12.2. The van der Waals surface area contributed by atoms with Gasteiger partial charge in [-0.3, -0.25) is 0 Å². The SMILES string of the molecule is C/C(=C\OC(=O)/C=C/c1ccc(O)cc1)[C@H](O)[C@@H]1OC(=O)/C(=C\CO[C@H]2O[C@@H](CO)[C@H](O)[C@@H](O)[C@@H]2O)[C@@H]1O. The number of hydrogen-bond donors (Lipinski definition) is 7. The van der Waals surface area contributed by atoms with Crippen molar-refractivity contribution in [2.24, 2.45) is 0 Å². The minimum atomic E-state index is -1.65. The standard InChI is InChI=1S/C25H30O13/c1-12(11-36-17(28)7-4-13-2-5-14(27)6-3-13)18(29)23-19(30)15(24(34)38-23)8-9-35-25-22(33)21(32)20(31)16(10-26)37-25/h2-8,11,16,18-23,25-27,29-33H,9-10H2,1H3/b7-4+,12-11+,15-8-/t16-,18-,19-,20-,21+,22-,23-,25-/m0/s1. The van der Waals surface area contributed by atoms with Crippen molar-refractivity contribution in [3.05, 3.63) is 59.4 Å². The zero-order valence-electron chi connectivity index (χ0n) is 20.2. The normalized spacial score (nSPS) is 32.0. The quantitative estimate of drug-likeness (QED) is 0.106. The monoisotopic (exact) mass is 538 g/mol. The summed E-state index contributed by atoms with van der Waals surface area (Å²) in [5, 5.41) is 69.1. The molecule has 13 nitrogen and oxygen atoms in total. The molecule has 2 aliphatic heterocycles. The van der Waals surface area contributed by atoms with Crippen LogP contribution in [0.4, 0.5) is 0 Å². The van der Waals surface area contributed by atoms with E-state index in [2.05, 4.69) is 0 Å². The number of carbonyl (C=O) groups excluding carboxylic acids is 2. The summed E-state index contributed by atoms with van der Waals surface area (Å²) in [4.78, 5) is 24.2. The largest absolute Gasteiger partial charge is 0.508 e. The van der Waals surface area contributed by atoms with Gasteiger partial charge in [-0.05, 0) is 42.3 Å². The maximum Gasteiger partial charge on any atom is 0.337 e. The van der Waals surface area contributed by atoms with Crippen molar-refractivity contribution in [1.82, 2.24) is 0 Å². The van der Waals surface area contributed by atoms with Gasteiger partial charge in [0.15, 0.2) is 12.4 Å². The average Bonchev–Trinajstić information content (AvgIpc) is 3.19. The van der Waals surface area contributed by atoms with Crippen LogP contribution in [0.3, 0.4) is 0 Å². The third-order valence-electron chi connectivity index (χ3n) is 5.96. The molecule has 0 unspecified atom stereocenters. The van der Waals surface area contributed by atoms with E-state index in [-0.39, 0.29) is 16.9 Å². The fourth-order valence-corrected chi connectivity index (χ4v) is 3.70. The fourth-order valence-electron chi connectivity index (χ4n) is 3.70. The molecule has 2 aliphatic rings. The van der Waals surface area contributed by atoms with Gasteiger partial charge in [0, 0.05) is 6.08 Å². The van der Waals surface area contributed by atoms with Gasteiger partial charge >= 0.3 is 11.9 Å². The highest BCUT2D eigenvalue weighted by Gasteiger charge is 2.45. The third-order valence-corrected chi connectivity index (χ3v) is 5.96. The Balaban J connectivity index is 1.55. The van der Waals surface area contributed by atoms with Crippen LogP contribution in [0.1, 0.15) is 12.5 Å². The first-order valence-electron chi connectivity index (χ1n) is 11.6. The van der Waals surface area contributed by atoms with E-state index in [1.54, 1.807) is 12.1 Å². The molecule has 13 heteroatoms. The second kappa shape index (κ2) is 13.1. The molecule has 0 spiro atoms. The molecule has 0 bridgehead atoms. The van der Waals surface area contributed by atoms with Crippen LogP contribution in [0.25, 0.3) is 6.08 Å². The smallest absolute Gasteiger partial charge is 0.337 e. The second-order valence-electron chi connectivity index (χ2n) is 8.67. The van der Waals surface area contributed by atoms with E-state index >= 15 is 0 Å². The van der Waals surface area contributed by atoms with E-state index in [4.69, 9.17) is 18.9 Å². The summed E-state index contributed by atoms with van der Waals surface area (Å²) in [5.41, 5.74) is 0.462. The summed E-state index contributed by atoms with van der Waals surface area (Å²) in [5.74, 6) is -1.63. The molecule has 1 aromatic carbocycles. The first-order valence-corrected chi connectivity index (χ1v) is 11.6. The fraction of sp³-hybridized carbons (Fsp3) is 0.440. The summed E-state index contributed by atoms with van der Waals surface area (Å²) in [7, 11) is 0. The average molecular weight is 539 g/mol. The summed E-state index contributed by atoms with van der Waals surface area (Å²) in [6.07, 6.45) is -7.33. The van der Waals surface area contributed by atoms with Crippen molar-refractivity contribution in [3.63, 3.8) is 0 Å². The number of rotatable bonds is 9. The number of cyclic esters (lactones) is 1. The molecule has 2 fully saturated rings. The molecule has 3 rings (SSSR count). The van der Waals surface area contributed by atoms with Crippen LogP contribution in [0.5, 0.6) is 5.75 Å². The predicted octanol–water partition coefficient (Wildman–Crippen LogP) is -1.76.